The van der Waals surface area contributed by atoms with Gasteiger partial charge in [-0.2, -0.15) is 0 Å². The van der Waals surface area contributed by atoms with Crippen molar-refractivity contribution in [3.63, 3.8) is 0 Å². The molecule has 0 bridgehead atoms. The van der Waals surface area contributed by atoms with E-state index in [1.807, 2.05) is 12.3 Å². The van der Waals surface area contributed by atoms with E-state index in [0.717, 1.165) is 6.42 Å². The number of nitrogens with zero attached hydrogens (tertiary/aromatic N) is 1. The Morgan fingerprint density at radius 3 is 2.09 bits per heavy atom. The number of hydrogen-bond acceptors (Lipinski definition) is 1. The number of rotatable bonds is 5. The monoisotopic (exact) mass is 295 g/mol. The molecular weight excluding hydrogens is 266 g/mol. The average molecular weight is 295 g/mol. The van der Waals surface area contributed by atoms with E-state index >= 15 is 0 Å². The summed E-state index contributed by atoms with van der Waals surface area (Å²) >= 11 is 0. The highest BCUT2D eigenvalue weighted by Gasteiger charge is 2.33. The van der Waals surface area contributed by atoms with Crippen LogP contribution in [0.5, 0.6) is 0 Å². The van der Waals surface area contributed by atoms with Crippen LogP contribution in [0.25, 0.3) is 0 Å². The zero-order valence-corrected chi connectivity index (χ0v) is 14.9. The van der Waals surface area contributed by atoms with E-state index in [9.17, 15) is 0 Å². The van der Waals surface area contributed by atoms with Crippen molar-refractivity contribution < 1.29 is 0 Å². The Morgan fingerprint density at radius 1 is 0.864 bits per heavy atom. The van der Waals surface area contributed by atoms with Gasteiger partial charge < -0.3 is 0 Å². The zero-order chi connectivity index (χ0) is 16.4. The molecule has 2 aromatic rings. The fraction of sp³-hybridized carbons (Fsp3) is 0.476. The van der Waals surface area contributed by atoms with Crippen LogP contribution < -0.4 is 0 Å². The Balaban J connectivity index is 2.36. The first-order valence-electron chi connectivity index (χ1n) is 8.25. The average Bonchev–Trinajstić information content (AvgIpc) is 2.47. The SMILES string of the molecule is CC(C)c1ccccc1C(C)(C)CC(C)(C)c1ccccn1. The maximum absolute atomic E-state index is 4.59. The van der Waals surface area contributed by atoms with Crippen molar-refractivity contribution in [3.05, 3.63) is 65.5 Å². The first kappa shape index (κ1) is 16.7. The summed E-state index contributed by atoms with van der Waals surface area (Å²) in [5, 5.41) is 0. The van der Waals surface area contributed by atoms with Crippen molar-refractivity contribution in [3.8, 4) is 0 Å². The summed E-state index contributed by atoms with van der Waals surface area (Å²) in [4.78, 5) is 4.59. The van der Waals surface area contributed by atoms with E-state index in [-0.39, 0.29) is 10.8 Å². The van der Waals surface area contributed by atoms with Gasteiger partial charge in [-0.3, -0.25) is 4.98 Å². The standard InChI is InChI=1S/C21H29N/c1-16(2)17-11-7-8-12-18(17)20(3,4)15-21(5,6)19-13-9-10-14-22-19/h7-14,16H,15H2,1-6H3. The summed E-state index contributed by atoms with van der Waals surface area (Å²) in [6, 6.07) is 15.1. The summed E-state index contributed by atoms with van der Waals surface area (Å²) in [6.07, 6.45) is 2.97. The smallest absolute Gasteiger partial charge is 0.0460 e. The van der Waals surface area contributed by atoms with E-state index in [1.54, 1.807) is 0 Å². The van der Waals surface area contributed by atoms with Crippen LogP contribution in [0.4, 0.5) is 0 Å². The molecule has 0 saturated carbocycles. The van der Waals surface area contributed by atoms with E-state index in [1.165, 1.54) is 16.8 Å². The molecular formula is C21H29N. The summed E-state index contributed by atoms with van der Waals surface area (Å²) in [6.45, 7) is 13.9. The highest BCUT2D eigenvalue weighted by atomic mass is 14.7. The minimum Gasteiger partial charge on any atom is -0.261 e. The normalized spacial score (nSPS) is 12.7. The second-order valence-corrected chi connectivity index (χ2v) is 7.90. The molecule has 0 N–H and O–H groups in total. The van der Waals surface area contributed by atoms with Gasteiger partial charge in [-0.15, -0.1) is 0 Å². The minimum absolute atomic E-state index is 0.0504. The van der Waals surface area contributed by atoms with Gasteiger partial charge in [0, 0.05) is 17.3 Å². The van der Waals surface area contributed by atoms with Gasteiger partial charge >= 0.3 is 0 Å². The van der Waals surface area contributed by atoms with Crippen LogP contribution in [0.2, 0.25) is 0 Å². The van der Waals surface area contributed by atoms with E-state index in [0.29, 0.717) is 5.92 Å². The van der Waals surface area contributed by atoms with Crippen LogP contribution >= 0.6 is 0 Å². The van der Waals surface area contributed by atoms with Crippen LogP contribution in [0.1, 0.15) is 70.7 Å². The number of pyridine rings is 1. The Bertz CT molecular complexity index is 609. The van der Waals surface area contributed by atoms with Crippen molar-refractivity contribution in [1.29, 1.82) is 0 Å². The highest BCUT2D eigenvalue weighted by molar-refractivity contribution is 5.36. The van der Waals surface area contributed by atoms with Crippen LogP contribution in [0, 0.1) is 0 Å². The topological polar surface area (TPSA) is 12.9 Å². The number of hydrogen-bond donors (Lipinski definition) is 0. The summed E-state index contributed by atoms with van der Waals surface area (Å²) in [7, 11) is 0. The second-order valence-electron chi connectivity index (χ2n) is 7.90. The Morgan fingerprint density at radius 2 is 1.50 bits per heavy atom. The second kappa shape index (κ2) is 6.24. The molecule has 0 spiro atoms. The highest BCUT2D eigenvalue weighted by Crippen LogP contribution is 2.40. The van der Waals surface area contributed by atoms with Gasteiger partial charge in [0.05, 0.1) is 0 Å². The van der Waals surface area contributed by atoms with Crippen LogP contribution in [-0.4, -0.2) is 4.98 Å². The maximum Gasteiger partial charge on any atom is 0.0460 e. The third-order valence-corrected chi connectivity index (χ3v) is 4.55. The van der Waals surface area contributed by atoms with E-state index in [2.05, 4.69) is 82.9 Å². The first-order chi connectivity index (χ1) is 10.2. The molecule has 2 rings (SSSR count). The van der Waals surface area contributed by atoms with Crippen LogP contribution in [-0.2, 0) is 10.8 Å². The minimum atomic E-state index is 0.0504. The molecule has 0 radical (unpaired) electrons. The van der Waals surface area contributed by atoms with E-state index in [4.69, 9.17) is 0 Å². The lowest BCUT2D eigenvalue weighted by Gasteiger charge is -2.37. The lowest BCUT2D eigenvalue weighted by molar-refractivity contribution is 0.340. The van der Waals surface area contributed by atoms with Crippen molar-refractivity contribution in [2.24, 2.45) is 0 Å². The summed E-state index contributed by atoms with van der Waals surface area (Å²) in [5.74, 6) is 0.549. The fourth-order valence-electron chi connectivity index (χ4n) is 3.67. The van der Waals surface area contributed by atoms with Gasteiger partial charge in [0.1, 0.15) is 0 Å². The predicted octanol–water partition coefficient (Wildman–Crippen LogP) is 5.85. The van der Waals surface area contributed by atoms with Crippen molar-refractivity contribution in [1.82, 2.24) is 4.98 Å². The lowest BCUT2D eigenvalue weighted by atomic mass is 9.68. The largest absolute Gasteiger partial charge is 0.261 e. The van der Waals surface area contributed by atoms with Crippen LogP contribution in [0.15, 0.2) is 48.7 Å². The molecule has 1 heteroatoms. The molecule has 0 saturated heterocycles. The third kappa shape index (κ3) is 3.58. The van der Waals surface area contributed by atoms with Crippen molar-refractivity contribution in [2.75, 3.05) is 0 Å². The molecule has 0 atom stereocenters. The van der Waals surface area contributed by atoms with Gasteiger partial charge in [0.2, 0.25) is 0 Å². The number of benzene rings is 1. The van der Waals surface area contributed by atoms with Gasteiger partial charge in [0.25, 0.3) is 0 Å². The lowest BCUT2D eigenvalue weighted by Crippen LogP contribution is -2.31. The Hall–Kier alpha value is -1.63. The maximum atomic E-state index is 4.59. The summed E-state index contributed by atoms with van der Waals surface area (Å²) in [5.41, 5.74) is 4.26. The molecule has 0 aliphatic rings. The predicted molar refractivity (Wildman–Crippen MR) is 95.4 cm³/mol. The van der Waals surface area contributed by atoms with Crippen molar-refractivity contribution in [2.45, 2.75) is 64.7 Å². The Labute approximate surface area is 135 Å². The third-order valence-electron chi connectivity index (χ3n) is 4.55. The quantitative estimate of drug-likeness (QED) is 0.674. The molecule has 1 aromatic carbocycles. The number of aromatic nitrogens is 1. The Kier molecular flexibility index (Phi) is 4.75. The fourth-order valence-corrected chi connectivity index (χ4v) is 3.67. The molecule has 1 aromatic heterocycles. The molecule has 0 amide bonds. The van der Waals surface area contributed by atoms with E-state index < -0.39 is 0 Å². The van der Waals surface area contributed by atoms with Crippen LogP contribution in [0.3, 0.4) is 0 Å². The summed E-state index contributed by atoms with van der Waals surface area (Å²) < 4.78 is 0. The molecule has 0 unspecified atom stereocenters. The molecule has 0 aliphatic carbocycles. The molecule has 0 aliphatic heterocycles. The van der Waals surface area contributed by atoms with Crippen molar-refractivity contribution >= 4 is 0 Å². The van der Waals surface area contributed by atoms with Gasteiger partial charge in [0.15, 0.2) is 0 Å². The first-order valence-corrected chi connectivity index (χ1v) is 8.25. The molecule has 0 fully saturated rings. The van der Waals surface area contributed by atoms with Gasteiger partial charge in [-0.1, -0.05) is 71.9 Å². The molecule has 22 heavy (non-hydrogen) atoms. The zero-order valence-electron chi connectivity index (χ0n) is 14.9. The molecule has 118 valence electrons. The molecule has 1 heterocycles. The molecule has 1 nitrogen and oxygen atoms in total. The van der Waals surface area contributed by atoms with Gasteiger partial charge in [-0.25, -0.2) is 0 Å². The van der Waals surface area contributed by atoms with Gasteiger partial charge in [-0.05, 0) is 41.0 Å².